The van der Waals surface area contributed by atoms with Crippen molar-refractivity contribution in [1.29, 1.82) is 0 Å². The fourth-order valence-electron chi connectivity index (χ4n) is 2.42. The lowest BCUT2D eigenvalue weighted by Crippen LogP contribution is -2.37. The highest BCUT2D eigenvalue weighted by atomic mass is 127. The molecule has 2 aromatic carbocycles. The number of nitrogens with one attached hydrogen (secondary N) is 2. The van der Waals surface area contributed by atoms with Crippen molar-refractivity contribution in [3.8, 4) is 23.8 Å². The first kappa shape index (κ1) is 24.5. The highest BCUT2D eigenvalue weighted by Crippen LogP contribution is 2.28. The molecule has 0 radical (unpaired) electrons. The highest BCUT2D eigenvalue weighted by molar-refractivity contribution is 14.0. The van der Waals surface area contributed by atoms with Gasteiger partial charge in [0, 0.05) is 18.7 Å². The molecule has 0 unspecified atom stereocenters. The molecule has 0 spiro atoms. The van der Waals surface area contributed by atoms with Gasteiger partial charge in [-0.25, -0.2) is 13.8 Å². The lowest BCUT2D eigenvalue weighted by Gasteiger charge is -2.13. The third-order valence-electron chi connectivity index (χ3n) is 3.76. The molecular weight excluding hydrogens is 491 g/mol. The van der Waals surface area contributed by atoms with Crippen LogP contribution in [-0.2, 0) is 13.1 Å². The number of methoxy groups -OCH3 is 1. The summed E-state index contributed by atoms with van der Waals surface area (Å²) in [5.41, 5.74) is 1.10. The lowest BCUT2D eigenvalue weighted by atomic mass is 10.2. The predicted octanol–water partition coefficient (Wildman–Crippen LogP) is 3.86. The molecule has 2 N–H and O–H groups in total. The molecule has 8 heteroatoms. The van der Waals surface area contributed by atoms with Crippen LogP contribution in [-0.4, -0.2) is 26.2 Å². The van der Waals surface area contributed by atoms with Crippen LogP contribution < -0.4 is 20.1 Å². The van der Waals surface area contributed by atoms with Crippen molar-refractivity contribution in [2.75, 3.05) is 20.3 Å². The van der Waals surface area contributed by atoms with E-state index < -0.39 is 11.6 Å². The monoisotopic (exact) mass is 515 g/mol. The van der Waals surface area contributed by atoms with Crippen LogP contribution in [0.4, 0.5) is 8.78 Å². The Bertz CT molecular complexity index is 869. The second-order valence-corrected chi connectivity index (χ2v) is 5.76. The van der Waals surface area contributed by atoms with Crippen LogP contribution in [0.15, 0.2) is 41.4 Å². The Hall–Kier alpha value is -2.54. The Morgan fingerprint density at radius 2 is 1.93 bits per heavy atom. The van der Waals surface area contributed by atoms with Crippen LogP contribution in [0.3, 0.4) is 0 Å². The van der Waals surface area contributed by atoms with Crippen molar-refractivity contribution in [3.63, 3.8) is 0 Å². The molecule has 29 heavy (non-hydrogen) atoms. The summed E-state index contributed by atoms with van der Waals surface area (Å²) < 4.78 is 37.8. The Kier molecular flexibility index (Phi) is 10.8. The van der Waals surface area contributed by atoms with Gasteiger partial charge in [0.15, 0.2) is 17.5 Å². The molecule has 0 heterocycles. The number of hydrogen-bond acceptors (Lipinski definition) is 3. The van der Waals surface area contributed by atoms with E-state index in [1.807, 2.05) is 13.0 Å². The third kappa shape index (κ3) is 7.77. The van der Waals surface area contributed by atoms with Crippen molar-refractivity contribution in [3.05, 3.63) is 59.2 Å². The number of guanidine groups is 1. The Morgan fingerprint density at radius 1 is 1.14 bits per heavy atom. The number of hydrogen-bond donors (Lipinski definition) is 2. The van der Waals surface area contributed by atoms with E-state index in [1.165, 1.54) is 0 Å². The maximum atomic E-state index is 13.8. The van der Waals surface area contributed by atoms with Crippen molar-refractivity contribution >= 4 is 29.9 Å². The van der Waals surface area contributed by atoms with E-state index in [9.17, 15) is 8.78 Å². The van der Waals surface area contributed by atoms with E-state index in [2.05, 4.69) is 21.5 Å². The van der Waals surface area contributed by atoms with Gasteiger partial charge in [0.1, 0.15) is 18.2 Å². The van der Waals surface area contributed by atoms with Crippen LogP contribution in [0.2, 0.25) is 0 Å². The van der Waals surface area contributed by atoms with E-state index in [-0.39, 0.29) is 42.7 Å². The zero-order valence-corrected chi connectivity index (χ0v) is 18.6. The van der Waals surface area contributed by atoms with Gasteiger partial charge in [-0.3, -0.25) is 0 Å². The molecule has 0 saturated carbocycles. The molecule has 0 aromatic heterocycles. The molecule has 2 aromatic rings. The standard InChI is InChI=1S/C21H23F2N3O2.HI/c1-4-10-28-20-11-15(6-9-19(20)27-3)13-25-21(24-5-2)26-14-16-12-17(22)7-8-18(16)23;/h1,6-9,11-12H,5,10,13-14H2,2-3H3,(H2,24,25,26);1H. The number of aliphatic imine (C=N–C) groups is 1. The van der Waals surface area contributed by atoms with Gasteiger partial charge in [-0.1, -0.05) is 12.0 Å². The first-order chi connectivity index (χ1) is 13.6. The number of terminal acetylenes is 1. The molecule has 0 aliphatic carbocycles. The molecule has 0 fully saturated rings. The van der Waals surface area contributed by atoms with Crippen molar-refractivity contribution in [2.24, 2.45) is 4.99 Å². The number of benzene rings is 2. The van der Waals surface area contributed by atoms with Crippen LogP contribution in [0.1, 0.15) is 18.1 Å². The van der Waals surface area contributed by atoms with E-state index >= 15 is 0 Å². The summed E-state index contributed by atoms with van der Waals surface area (Å²) in [4.78, 5) is 4.47. The third-order valence-corrected chi connectivity index (χ3v) is 3.76. The predicted molar refractivity (Wildman–Crippen MR) is 121 cm³/mol. The van der Waals surface area contributed by atoms with E-state index in [0.717, 1.165) is 23.8 Å². The van der Waals surface area contributed by atoms with Crippen molar-refractivity contribution in [1.82, 2.24) is 10.6 Å². The smallest absolute Gasteiger partial charge is 0.191 e. The Balaban J connectivity index is 0.00000420. The fourth-order valence-corrected chi connectivity index (χ4v) is 2.42. The van der Waals surface area contributed by atoms with Crippen LogP contribution >= 0.6 is 24.0 Å². The Labute approximate surface area is 186 Å². The summed E-state index contributed by atoms with van der Waals surface area (Å²) >= 11 is 0. The van der Waals surface area contributed by atoms with Crippen molar-refractivity contribution in [2.45, 2.75) is 20.0 Å². The van der Waals surface area contributed by atoms with Gasteiger partial charge < -0.3 is 20.1 Å². The molecule has 0 aliphatic heterocycles. The SMILES string of the molecule is C#CCOc1cc(CN=C(NCC)NCc2cc(F)ccc2F)ccc1OC.I. The van der Waals surface area contributed by atoms with Crippen LogP contribution in [0, 0.1) is 24.0 Å². The second-order valence-electron chi connectivity index (χ2n) is 5.76. The largest absolute Gasteiger partial charge is 0.493 e. The summed E-state index contributed by atoms with van der Waals surface area (Å²) in [5.74, 6) is 3.04. The molecule has 0 aliphatic rings. The average Bonchev–Trinajstić information content (AvgIpc) is 2.70. The first-order valence-electron chi connectivity index (χ1n) is 8.76. The Morgan fingerprint density at radius 3 is 2.62 bits per heavy atom. The van der Waals surface area contributed by atoms with Gasteiger partial charge in [-0.05, 0) is 42.8 Å². The highest BCUT2D eigenvalue weighted by Gasteiger charge is 2.07. The van der Waals surface area contributed by atoms with Gasteiger partial charge in [-0.2, -0.15) is 0 Å². The van der Waals surface area contributed by atoms with Gasteiger partial charge >= 0.3 is 0 Å². The van der Waals surface area contributed by atoms with Gasteiger partial charge in [-0.15, -0.1) is 30.4 Å². The molecule has 5 nitrogen and oxygen atoms in total. The summed E-state index contributed by atoms with van der Waals surface area (Å²) in [6, 6.07) is 8.78. The van der Waals surface area contributed by atoms with E-state index in [1.54, 1.807) is 19.2 Å². The van der Waals surface area contributed by atoms with Gasteiger partial charge in [0.25, 0.3) is 0 Å². The summed E-state index contributed by atoms with van der Waals surface area (Å²) in [7, 11) is 1.55. The number of nitrogens with zero attached hydrogens (tertiary/aromatic N) is 1. The molecular formula is C21H24F2IN3O2. The molecule has 156 valence electrons. The molecule has 2 rings (SSSR count). The molecule has 0 atom stereocenters. The lowest BCUT2D eigenvalue weighted by molar-refractivity contribution is 0.330. The first-order valence-corrected chi connectivity index (χ1v) is 8.76. The molecule has 0 bridgehead atoms. The van der Waals surface area contributed by atoms with Crippen LogP contribution in [0.25, 0.3) is 0 Å². The molecule has 0 amide bonds. The fraction of sp³-hybridized carbons (Fsp3) is 0.286. The number of halogens is 3. The average molecular weight is 515 g/mol. The summed E-state index contributed by atoms with van der Waals surface area (Å²) in [6.07, 6.45) is 5.23. The van der Waals surface area contributed by atoms with E-state index in [0.29, 0.717) is 30.5 Å². The minimum atomic E-state index is -0.488. The zero-order chi connectivity index (χ0) is 20.4. The minimum Gasteiger partial charge on any atom is -0.493 e. The molecule has 0 saturated heterocycles. The number of ether oxygens (including phenoxy) is 2. The summed E-state index contributed by atoms with van der Waals surface area (Å²) in [5, 5.41) is 6.07. The van der Waals surface area contributed by atoms with Crippen LogP contribution in [0.5, 0.6) is 11.5 Å². The minimum absolute atomic E-state index is 0. The topological polar surface area (TPSA) is 54.9 Å². The van der Waals surface area contributed by atoms with E-state index in [4.69, 9.17) is 15.9 Å². The van der Waals surface area contributed by atoms with Gasteiger partial charge in [0.05, 0.1) is 13.7 Å². The zero-order valence-electron chi connectivity index (χ0n) is 16.3. The normalized spacial score (nSPS) is 10.5. The quantitative estimate of drug-likeness (QED) is 0.243. The maximum absolute atomic E-state index is 13.8. The van der Waals surface area contributed by atoms with Gasteiger partial charge in [0.2, 0.25) is 0 Å². The second kappa shape index (κ2) is 12.8. The number of rotatable bonds is 8. The van der Waals surface area contributed by atoms with Crippen molar-refractivity contribution < 1.29 is 18.3 Å². The maximum Gasteiger partial charge on any atom is 0.191 e. The summed E-state index contributed by atoms with van der Waals surface area (Å²) in [6.45, 7) is 3.12.